The summed E-state index contributed by atoms with van der Waals surface area (Å²) in [5, 5.41) is 14.0. The summed E-state index contributed by atoms with van der Waals surface area (Å²) in [5.74, 6) is -0.751. The number of hydrogen-bond acceptors (Lipinski definition) is 6. The van der Waals surface area contributed by atoms with Gasteiger partial charge in [0, 0.05) is 5.69 Å². The molecule has 8 nitrogen and oxygen atoms in total. The zero-order chi connectivity index (χ0) is 16.9. The number of benzene rings is 1. The lowest BCUT2D eigenvalue weighted by Crippen LogP contribution is -2.29. The Hall–Kier alpha value is -2.74. The molecule has 0 spiro atoms. The summed E-state index contributed by atoms with van der Waals surface area (Å²) in [6.45, 7) is 1.89. The van der Waals surface area contributed by atoms with Crippen LogP contribution in [-0.4, -0.2) is 47.1 Å². The monoisotopic (exact) mass is 329 g/mol. The molecule has 0 radical (unpaired) electrons. The number of amides is 1. The zero-order valence-corrected chi connectivity index (χ0v) is 13.4. The number of methoxy groups -OCH3 is 1. The Morgan fingerprint density at radius 1 is 1.25 bits per heavy atom. The molecule has 8 heteroatoms. The Morgan fingerprint density at radius 2 is 1.96 bits per heavy atom. The number of esters is 1. The maximum absolute atomic E-state index is 12.3. The summed E-state index contributed by atoms with van der Waals surface area (Å²) in [5.41, 5.74) is 1.27. The molecular weight excluding hydrogens is 310 g/mol. The van der Waals surface area contributed by atoms with Crippen molar-refractivity contribution in [1.29, 1.82) is 0 Å². The molecule has 1 fully saturated rings. The fourth-order valence-electron chi connectivity index (χ4n) is 2.63. The number of rotatable bonds is 4. The van der Waals surface area contributed by atoms with Gasteiger partial charge in [-0.1, -0.05) is 5.21 Å². The Balaban J connectivity index is 1.64. The van der Waals surface area contributed by atoms with Gasteiger partial charge in [0.2, 0.25) is 0 Å². The summed E-state index contributed by atoms with van der Waals surface area (Å²) >= 11 is 0. The number of aromatic nitrogens is 3. The maximum atomic E-state index is 12.3. The summed E-state index contributed by atoms with van der Waals surface area (Å²) in [7, 11) is 1.32. The average Bonchev–Trinajstić information content (AvgIpc) is 3.13. The highest BCUT2D eigenvalue weighted by Crippen LogP contribution is 2.17. The van der Waals surface area contributed by atoms with Gasteiger partial charge in [0.25, 0.3) is 5.91 Å². The highest BCUT2D eigenvalue weighted by molar-refractivity contribution is 6.02. The summed E-state index contributed by atoms with van der Waals surface area (Å²) < 4.78 is 6.40. The van der Waals surface area contributed by atoms with E-state index in [1.807, 2.05) is 0 Å². The van der Waals surface area contributed by atoms with Crippen LogP contribution in [0.3, 0.4) is 0 Å². The molecule has 2 aromatic rings. The average molecular weight is 329 g/mol. The van der Waals surface area contributed by atoms with Gasteiger partial charge in [-0.3, -0.25) is 4.79 Å². The summed E-state index contributed by atoms with van der Waals surface area (Å²) in [6, 6.07) is 6.74. The number of anilines is 1. The minimum absolute atomic E-state index is 0.269. The van der Waals surface area contributed by atoms with Gasteiger partial charge in [0.1, 0.15) is 0 Å². The zero-order valence-electron chi connectivity index (χ0n) is 13.4. The Kier molecular flexibility index (Phi) is 4.85. The Bertz CT molecular complexity index is 720. The predicted molar refractivity (Wildman–Crippen MR) is 86.9 cm³/mol. The minimum Gasteiger partial charge on any atom is -0.465 e. The van der Waals surface area contributed by atoms with E-state index in [1.165, 1.54) is 7.11 Å². The first-order valence-electron chi connectivity index (χ1n) is 7.79. The lowest BCUT2D eigenvalue weighted by molar-refractivity contribution is 0.0600. The van der Waals surface area contributed by atoms with Crippen LogP contribution in [0.1, 0.15) is 39.7 Å². The van der Waals surface area contributed by atoms with E-state index in [0.29, 0.717) is 11.3 Å². The van der Waals surface area contributed by atoms with Gasteiger partial charge in [-0.15, -0.1) is 5.10 Å². The molecule has 1 amide bonds. The van der Waals surface area contributed by atoms with Gasteiger partial charge < -0.3 is 15.4 Å². The molecule has 3 rings (SSSR count). The molecule has 1 aromatic heterocycles. The van der Waals surface area contributed by atoms with Crippen molar-refractivity contribution in [3.63, 3.8) is 0 Å². The first kappa shape index (κ1) is 16.1. The van der Waals surface area contributed by atoms with Crippen molar-refractivity contribution in [2.45, 2.75) is 18.9 Å². The number of piperidine rings is 1. The van der Waals surface area contributed by atoms with Gasteiger partial charge in [0.15, 0.2) is 5.69 Å². The SMILES string of the molecule is COC(=O)c1ccc(NC(=O)c2cn(C3CCNCC3)nn2)cc1. The highest BCUT2D eigenvalue weighted by Gasteiger charge is 2.18. The molecule has 24 heavy (non-hydrogen) atoms. The fraction of sp³-hybridized carbons (Fsp3) is 0.375. The molecule has 1 aliphatic heterocycles. The number of nitrogens with one attached hydrogen (secondary N) is 2. The van der Waals surface area contributed by atoms with Crippen LogP contribution >= 0.6 is 0 Å². The van der Waals surface area contributed by atoms with Crippen molar-refractivity contribution in [3.05, 3.63) is 41.7 Å². The minimum atomic E-state index is -0.419. The second kappa shape index (κ2) is 7.22. The molecular formula is C16H19N5O3. The first-order valence-corrected chi connectivity index (χ1v) is 7.79. The van der Waals surface area contributed by atoms with E-state index in [9.17, 15) is 9.59 Å². The normalized spacial score (nSPS) is 15.0. The maximum Gasteiger partial charge on any atom is 0.337 e. The third-order valence-corrected chi connectivity index (χ3v) is 3.99. The standard InChI is InChI=1S/C16H19N5O3/c1-24-16(23)11-2-4-12(5-3-11)18-15(22)14-10-21(20-19-14)13-6-8-17-9-7-13/h2-5,10,13,17H,6-9H2,1H3,(H,18,22). The van der Waals surface area contributed by atoms with Crippen molar-refractivity contribution < 1.29 is 14.3 Å². The van der Waals surface area contributed by atoms with Crippen LogP contribution in [0, 0.1) is 0 Å². The molecule has 0 atom stereocenters. The van der Waals surface area contributed by atoms with Crippen LogP contribution in [-0.2, 0) is 4.74 Å². The van der Waals surface area contributed by atoms with Crippen LogP contribution in [0.15, 0.2) is 30.5 Å². The molecule has 2 heterocycles. The Morgan fingerprint density at radius 3 is 2.62 bits per heavy atom. The Labute approximate surface area is 139 Å². The second-order valence-electron chi connectivity index (χ2n) is 5.59. The van der Waals surface area contributed by atoms with Gasteiger partial charge in [-0.2, -0.15) is 0 Å². The summed E-state index contributed by atoms with van der Waals surface area (Å²) in [6.07, 6.45) is 3.62. The number of nitrogens with zero attached hydrogens (tertiary/aromatic N) is 3. The van der Waals surface area contributed by atoms with Gasteiger partial charge >= 0.3 is 5.97 Å². The highest BCUT2D eigenvalue weighted by atomic mass is 16.5. The number of carbonyl (C=O) groups excluding carboxylic acids is 2. The molecule has 2 N–H and O–H groups in total. The molecule has 1 saturated heterocycles. The molecule has 0 unspecified atom stereocenters. The lowest BCUT2D eigenvalue weighted by atomic mass is 10.1. The lowest BCUT2D eigenvalue weighted by Gasteiger charge is -2.22. The van der Waals surface area contributed by atoms with E-state index in [4.69, 9.17) is 0 Å². The van der Waals surface area contributed by atoms with Crippen LogP contribution in [0.5, 0.6) is 0 Å². The van der Waals surface area contributed by atoms with E-state index < -0.39 is 5.97 Å². The third-order valence-electron chi connectivity index (χ3n) is 3.99. The molecule has 0 aliphatic carbocycles. The molecule has 0 bridgehead atoms. The van der Waals surface area contributed by atoms with Crippen LogP contribution < -0.4 is 10.6 Å². The van der Waals surface area contributed by atoms with Gasteiger partial charge in [-0.25, -0.2) is 9.48 Å². The first-order chi connectivity index (χ1) is 11.7. The van der Waals surface area contributed by atoms with Crippen LogP contribution in [0.4, 0.5) is 5.69 Å². The van der Waals surface area contributed by atoms with Crippen molar-refractivity contribution in [3.8, 4) is 0 Å². The molecule has 0 saturated carbocycles. The fourth-order valence-corrected chi connectivity index (χ4v) is 2.63. The van der Waals surface area contributed by atoms with Gasteiger partial charge in [-0.05, 0) is 50.2 Å². The molecule has 1 aromatic carbocycles. The molecule has 1 aliphatic rings. The quantitative estimate of drug-likeness (QED) is 0.819. The van der Waals surface area contributed by atoms with Crippen molar-refractivity contribution in [2.24, 2.45) is 0 Å². The number of carbonyl (C=O) groups is 2. The van der Waals surface area contributed by atoms with E-state index >= 15 is 0 Å². The van der Waals surface area contributed by atoms with Crippen molar-refractivity contribution >= 4 is 17.6 Å². The van der Waals surface area contributed by atoms with E-state index in [1.54, 1.807) is 35.1 Å². The number of ether oxygens (including phenoxy) is 1. The van der Waals surface area contributed by atoms with E-state index in [2.05, 4.69) is 25.7 Å². The van der Waals surface area contributed by atoms with Gasteiger partial charge in [0.05, 0.1) is 24.9 Å². The number of hydrogen-bond donors (Lipinski definition) is 2. The topological polar surface area (TPSA) is 98.1 Å². The second-order valence-corrected chi connectivity index (χ2v) is 5.59. The smallest absolute Gasteiger partial charge is 0.337 e. The van der Waals surface area contributed by atoms with Crippen LogP contribution in [0.2, 0.25) is 0 Å². The van der Waals surface area contributed by atoms with E-state index in [-0.39, 0.29) is 17.6 Å². The van der Waals surface area contributed by atoms with Crippen molar-refractivity contribution in [2.75, 3.05) is 25.5 Å². The van der Waals surface area contributed by atoms with Crippen molar-refractivity contribution in [1.82, 2.24) is 20.3 Å². The largest absolute Gasteiger partial charge is 0.465 e. The molecule has 126 valence electrons. The van der Waals surface area contributed by atoms with Crippen LogP contribution in [0.25, 0.3) is 0 Å². The third kappa shape index (κ3) is 3.60. The van der Waals surface area contributed by atoms with E-state index in [0.717, 1.165) is 25.9 Å². The summed E-state index contributed by atoms with van der Waals surface area (Å²) in [4.78, 5) is 23.6. The predicted octanol–water partition coefficient (Wildman–Crippen LogP) is 1.24.